The summed E-state index contributed by atoms with van der Waals surface area (Å²) in [6.45, 7) is 1.32. The van der Waals surface area contributed by atoms with Gasteiger partial charge < -0.3 is 15.5 Å². The second-order valence-electron chi connectivity index (χ2n) is 4.14. The lowest BCUT2D eigenvalue weighted by Crippen LogP contribution is -2.39. The van der Waals surface area contributed by atoms with E-state index in [0.717, 1.165) is 18.5 Å². The molecule has 2 unspecified atom stereocenters. The van der Waals surface area contributed by atoms with Gasteiger partial charge in [0.25, 0.3) is 0 Å². The minimum Gasteiger partial charge on any atom is -0.508 e. The van der Waals surface area contributed by atoms with Crippen molar-refractivity contribution in [2.75, 3.05) is 13.1 Å². The third-order valence-corrected chi connectivity index (χ3v) is 3.10. The lowest BCUT2D eigenvalue weighted by Gasteiger charge is -2.29. The molecule has 0 radical (unpaired) electrons. The predicted octanol–water partition coefficient (Wildman–Crippen LogP) is 1.17. The fourth-order valence-corrected chi connectivity index (χ4v) is 2.27. The van der Waals surface area contributed by atoms with Gasteiger partial charge in [-0.15, -0.1) is 0 Å². The van der Waals surface area contributed by atoms with Crippen molar-refractivity contribution in [3.05, 3.63) is 29.8 Å². The summed E-state index contributed by atoms with van der Waals surface area (Å²) in [5.41, 5.74) is 0.911. The standard InChI is InChI=1S/C12H15NO3/c14-9-3-1-2-8(6-9)10-4-5-13-7-11(10)12(15)16/h1-3,6,10-11,13-14H,4-5,7H2,(H,15,16). The number of carboxylic acid groups (broad SMARTS) is 1. The third-order valence-electron chi connectivity index (χ3n) is 3.10. The molecule has 86 valence electrons. The first-order valence-corrected chi connectivity index (χ1v) is 5.41. The summed E-state index contributed by atoms with van der Waals surface area (Å²) in [6.07, 6.45) is 0.792. The van der Waals surface area contributed by atoms with Gasteiger partial charge in [0.1, 0.15) is 5.75 Å². The molecule has 0 spiro atoms. The Morgan fingerprint density at radius 1 is 1.44 bits per heavy atom. The zero-order valence-electron chi connectivity index (χ0n) is 8.89. The zero-order chi connectivity index (χ0) is 11.5. The number of carbonyl (C=O) groups is 1. The van der Waals surface area contributed by atoms with Crippen LogP contribution in [0.25, 0.3) is 0 Å². The van der Waals surface area contributed by atoms with Gasteiger partial charge in [-0.3, -0.25) is 4.79 Å². The molecule has 0 bridgehead atoms. The first kappa shape index (κ1) is 11.0. The Bertz CT molecular complexity index is 392. The van der Waals surface area contributed by atoms with Crippen molar-refractivity contribution in [3.8, 4) is 5.75 Å². The van der Waals surface area contributed by atoms with E-state index in [0.29, 0.717) is 6.54 Å². The Balaban J connectivity index is 2.26. The molecule has 1 aromatic carbocycles. The molecule has 2 atom stereocenters. The molecule has 0 saturated carbocycles. The second kappa shape index (κ2) is 4.53. The summed E-state index contributed by atoms with van der Waals surface area (Å²) >= 11 is 0. The smallest absolute Gasteiger partial charge is 0.308 e. The number of hydrogen-bond donors (Lipinski definition) is 3. The number of aliphatic carboxylic acids is 1. The topological polar surface area (TPSA) is 69.6 Å². The average molecular weight is 221 g/mol. The summed E-state index contributed by atoms with van der Waals surface area (Å²) in [5, 5.41) is 21.6. The van der Waals surface area contributed by atoms with Crippen molar-refractivity contribution in [2.45, 2.75) is 12.3 Å². The lowest BCUT2D eigenvalue weighted by molar-refractivity contribution is -0.142. The quantitative estimate of drug-likeness (QED) is 0.701. The van der Waals surface area contributed by atoms with Gasteiger partial charge >= 0.3 is 5.97 Å². The molecule has 1 heterocycles. The van der Waals surface area contributed by atoms with Crippen LogP contribution in [0.4, 0.5) is 0 Å². The number of hydrogen-bond acceptors (Lipinski definition) is 3. The van der Waals surface area contributed by atoms with Crippen molar-refractivity contribution in [3.63, 3.8) is 0 Å². The van der Waals surface area contributed by atoms with Crippen LogP contribution in [-0.4, -0.2) is 29.3 Å². The molecular weight excluding hydrogens is 206 g/mol. The molecule has 16 heavy (non-hydrogen) atoms. The van der Waals surface area contributed by atoms with Crippen LogP contribution in [0, 0.1) is 5.92 Å². The van der Waals surface area contributed by atoms with E-state index in [1.807, 2.05) is 6.07 Å². The van der Waals surface area contributed by atoms with Gasteiger partial charge in [0.2, 0.25) is 0 Å². The van der Waals surface area contributed by atoms with E-state index in [4.69, 9.17) is 5.11 Å². The number of nitrogens with one attached hydrogen (secondary N) is 1. The number of aromatic hydroxyl groups is 1. The Labute approximate surface area is 93.9 Å². The van der Waals surface area contributed by atoms with Crippen LogP contribution in [0.1, 0.15) is 17.9 Å². The third kappa shape index (κ3) is 2.17. The van der Waals surface area contributed by atoms with Gasteiger partial charge in [-0.2, -0.15) is 0 Å². The molecular formula is C12H15NO3. The molecule has 4 nitrogen and oxygen atoms in total. The minimum absolute atomic E-state index is 0.00847. The fraction of sp³-hybridized carbons (Fsp3) is 0.417. The number of rotatable bonds is 2. The van der Waals surface area contributed by atoms with Crippen molar-refractivity contribution in [1.82, 2.24) is 5.32 Å². The molecule has 0 aromatic heterocycles. The van der Waals surface area contributed by atoms with Gasteiger partial charge in [-0.25, -0.2) is 0 Å². The van der Waals surface area contributed by atoms with E-state index in [1.54, 1.807) is 18.2 Å². The molecule has 4 heteroatoms. The van der Waals surface area contributed by atoms with Crippen LogP contribution in [-0.2, 0) is 4.79 Å². The summed E-state index contributed by atoms with van der Waals surface area (Å²) in [5.74, 6) is -0.998. The maximum atomic E-state index is 11.1. The van der Waals surface area contributed by atoms with Gasteiger partial charge in [0.15, 0.2) is 0 Å². The molecule has 2 rings (SSSR count). The average Bonchev–Trinajstić information content (AvgIpc) is 2.29. The zero-order valence-corrected chi connectivity index (χ0v) is 8.89. The molecule has 0 aliphatic carbocycles. The number of phenols is 1. The van der Waals surface area contributed by atoms with E-state index in [1.165, 1.54) is 0 Å². The summed E-state index contributed by atoms with van der Waals surface area (Å²) in [4.78, 5) is 11.1. The number of benzene rings is 1. The normalized spacial score (nSPS) is 25.2. The van der Waals surface area contributed by atoms with Gasteiger partial charge in [-0.05, 0) is 36.6 Å². The first-order chi connectivity index (χ1) is 7.68. The first-order valence-electron chi connectivity index (χ1n) is 5.41. The molecule has 3 N–H and O–H groups in total. The highest BCUT2D eigenvalue weighted by Gasteiger charge is 2.31. The molecule has 1 saturated heterocycles. The highest BCUT2D eigenvalue weighted by atomic mass is 16.4. The Hall–Kier alpha value is -1.55. The predicted molar refractivity (Wildman–Crippen MR) is 59.5 cm³/mol. The maximum absolute atomic E-state index is 11.1. The van der Waals surface area contributed by atoms with Crippen molar-refractivity contribution in [1.29, 1.82) is 0 Å². The van der Waals surface area contributed by atoms with E-state index >= 15 is 0 Å². The Kier molecular flexibility index (Phi) is 3.10. The number of phenolic OH excluding ortho intramolecular Hbond substituents is 1. The van der Waals surface area contributed by atoms with E-state index in [2.05, 4.69) is 5.32 Å². The van der Waals surface area contributed by atoms with Gasteiger partial charge in [-0.1, -0.05) is 12.1 Å². The molecule has 1 fully saturated rings. The van der Waals surface area contributed by atoms with Crippen LogP contribution in [0.2, 0.25) is 0 Å². The molecule has 1 aromatic rings. The Morgan fingerprint density at radius 2 is 2.25 bits per heavy atom. The largest absolute Gasteiger partial charge is 0.508 e. The van der Waals surface area contributed by atoms with E-state index in [9.17, 15) is 9.90 Å². The lowest BCUT2D eigenvalue weighted by atomic mass is 9.81. The van der Waals surface area contributed by atoms with Crippen LogP contribution in [0.5, 0.6) is 5.75 Å². The van der Waals surface area contributed by atoms with Crippen molar-refractivity contribution >= 4 is 5.97 Å². The van der Waals surface area contributed by atoms with Gasteiger partial charge in [0, 0.05) is 6.54 Å². The van der Waals surface area contributed by atoms with Gasteiger partial charge in [0.05, 0.1) is 5.92 Å². The summed E-state index contributed by atoms with van der Waals surface area (Å²) in [6, 6.07) is 6.89. The number of piperidine rings is 1. The minimum atomic E-state index is -0.777. The van der Waals surface area contributed by atoms with Crippen LogP contribution < -0.4 is 5.32 Å². The Morgan fingerprint density at radius 3 is 2.94 bits per heavy atom. The fourth-order valence-electron chi connectivity index (χ4n) is 2.27. The highest BCUT2D eigenvalue weighted by Crippen LogP contribution is 2.31. The van der Waals surface area contributed by atoms with Crippen LogP contribution in [0.3, 0.4) is 0 Å². The van der Waals surface area contributed by atoms with Crippen molar-refractivity contribution in [2.24, 2.45) is 5.92 Å². The maximum Gasteiger partial charge on any atom is 0.308 e. The highest BCUT2D eigenvalue weighted by molar-refractivity contribution is 5.72. The monoisotopic (exact) mass is 221 g/mol. The van der Waals surface area contributed by atoms with Crippen molar-refractivity contribution < 1.29 is 15.0 Å². The summed E-state index contributed by atoms with van der Waals surface area (Å²) in [7, 11) is 0. The second-order valence-corrected chi connectivity index (χ2v) is 4.14. The number of carboxylic acids is 1. The molecule has 1 aliphatic rings. The SMILES string of the molecule is O=C(O)C1CNCCC1c1cccc(O)c1. The molecule has 0 amide bonds. The summed E-state index contributed by atoms with van der Waals surface area (Å²) < 4.78 is 0. The van der Waals surface area contributed by atoms with Crippen LogP contribution >= 0.6 is 0 Å². The van der Waals surface area contributed by atoms with E-state index in [-0.39, 0.29) is 11.7 Å². The van der Waals surface area contributed by atoms with Crippen LogP contribution in [0.15, 0.2) is 24.3 Å². The molecule has 1 aliphatic heterocycles. The van der Waals surface area contributed by atoms with E-state index < -0.39 is 11.9 Å².